The van der Waals surface area contributed by atoms with Crippen LogP contribution < -0.4 is 11.1 Å². The number of benzene rings is 1. The van der Waals surface area contributed by atoms with E-state index in [1.165, 1.54) is 0 Å². The van der Waals surface area contributed by atoms with Crippen LogP contribution in [0.2, 0.25) is 0 Å². The minimum Gasteiger partial charge on any atom is -0.352 e. The maximum atomic E-state index is 11.6. The Morgan fingerprint density at radius 2 is 1.89 bits per heavy atom. The van der Waals surface area contributed by atoms with Crippen molar-refractivity contribution in [2.24, 2.45) is 5.73 Å². The first-order valence-electron chi connectivity index (χ1n) is 5.78. The smallest absolute Gasteiger partial charge is 0.221 e. The van der Waals surface area contributed by atoms with E-state index in [-0.39, 0.29) is 11.7 Å². The van der Waals surface area contributed by atoms with Crippen LogP contribution in [0.1, 0.15) is 18.9 Å². The van der Waals surface area contributed by atoms with E-state index in [0.29, 0.717) is 24.4 Å². The summed E-state index contributed by atoms with van der Waals surface area (Å²) in [6.45, 7) is 2.31. The second-order valence-electron chi connectivity index (χ2n) is 3.86. The lowest BCUT2D eigenvalue weighted by Gasteiger charge is -2.06. The van der Waals surface area contributed by atoms with E-state index in [0.717, 1.165) is 5.56 Å². The quantitative estimate of drug-likeness (QED) is 0.785. The molecule has 18 heavy (non-hydrogen) atoms. The van der Waals surface area contributed by atoms with E-state index in [2.05, 4.69) is 5.32 Å². The highest BCUT2D eigenvalue weighted by atomic mass is 32.2. The largest absolute Gasteiger partial charge is 0.352 e. The molecular formula is C12H18N2O3S. The highest BCUT2D eigenvalue weighted by molar-refractivity contribution is 7.91. The number of hydrogen-bond donors (Lipinski definition) is 2. The Hall–Kier alpha value is -1.40. The van der Waals surface area contributed by atoms with Crippen LogP contribution in [-0.4, -0.2) is 26.6 Å². The summed E-state index contributed by atoms with van der Waals surface area (Å²) in [5.74, 6) is -0.0256. The summed E-state index contributed by atoms with van der Waals surface area (Å²) in [7, 11) is -3.16. The summed E-state index contributed by atoms with van der Waals surface area (Å²) >= 11 is 0. The number of carbonyl (C=O) groups is 1. The molecule has 0 aliphatic heterocycles. The summed E-state index contributed by atoms with van der Waals surface area (Å²) in [5, 5.41) is 2.70. The van der Waals surface area contributed by atoms with Crippen molar-refractivity contribution >= 4 is 15.7 Å². The van der Waals surface area contributed by atoms with Gasteiger partial charge in [-0.3, -0.25) is 4.79 Å². The van der Waals surface area contributed by atoms with Gasteiger partial charge in [0.1, 0.15) is 0 Å². The predicted molar refractivity (Wildman–Crippen MR) is 69.7 cm³/mol. The first-order valence-corrected chi connectivity index (χ1v) is 7.43. The molecule has 0 aliphatic rings. The van der Waals surface area contributed by atoms with Crippen LogP contribution in [-0.2, 0) is 21.2 Å². The molecular weight excluding hydrogens is 252 g/mol. The Morgan fingerprint density at radius 3 is 2.39 bits per heavy atom. The average Bonchev–Trinajstić information content (AvgIpc) is 2.37. The molecule has 1 rings (SSSR count). The molecule has 0 spiro atoms. The molecule has 0 aliphatic carbocycles. The molecule has 1 aromatic rings. The normalized spacial score (nSPS) is 11.2. The average molecular weight is 270 g/mol. The standard InChI is InChI=1S/C12H18N2O3S/c1-2-18(16,17)11-5-3-10(4-6-11)9-14-12(15)7-8-13/h3-6H,2,7-9,13H2,1H3,(H,14,15). The maximum absolute atomic E-state index is 11.6. The van der Waals surface area contributed by atoms with Crippen LogP contribution in [0.4, 0.5) is 0 Å². The zero-order valence-electron chi connectivity index (χ0n) is 10.3. The summed E-state index contributed by atoms with van der Waals surface area (Å²) < 4.78 is 23.2. The zero-order valence-corrected chi connectivity index (χ0v) is 11.2. The van der Waals surface area contributed by atoms with Crippen LogP contribution >= 0.6 is 0 Å². The third kappa shape index (κ3) is 4.12. The van der Waals surface area contributed by atoms with Crippen LogP contribution in [0.3, 0.4) is 0 Å². The first-order chi connectivity index (χ1) is 8.49. The van der Waals surface area contributed by atoms with E-state index < -0.39 is 9.84 Å². The van der Waals surface area contributed by atoms with Crippen molar-refractivity contribution in [1.82, 2.24) is 5.32 Å². The molecule has 0 heterocycles. The van der Waals surface area contributed by atoms with Gasteiger partial charge in [0.2, 0.25) is 5.91 Å². The van der Waals surface area contributed by atoms with Crippen LogP contribution in [0.5, 0.6) is 0 Å². The number of nitrogens with two attached hydrogens (primary N) is 1. The number of sulfone groups is 1. The minimum atomic E-state index is -3.16. The van der Waals surface area contributed by atoms with Gasteiger partial charge in [-0.25, -0.2) is 8.42 Å². The fourth-order valence-electron chi connectivity index (χ4n) is 1.40. The highest BCUT2D eigenvalue weighted by Gasteiger charge is 2.10. The number of rotatable bonds is 6. The van der Waals surface area contributed by atoms with Gasteiger partial charge in [0.25, 0.3) is 0 Å². The van der Waals surface area contributed by atoms with Crippen molar-refractivity contribution in [3.63, 3.8) is 0 Å². The van der Waals surface area contributed by atoms with E-state index in [1.807, 2.05) is 0 Å². The van der Waals surface area contributed by atoms with Gasteiger partial charge in [-0.15, -0.1) is 0 Å². The molecule has 0 saturated carbocycles. The van der Waals surface area contributed by atoms with Gasteiger partial charge in [0, 0.05) is 19.5 Å². The van der Waals surface area contributed by atoms with E-state index >= 15 is 0 Å². The fourth-order valence-corrected chi connectivity index (χ4v) is 2.29. The Balaban J connectivity index is 2.64. The fraction of sp³-hybridized carbons (Fsp3) is 0.417. The molecule has 0 unspecified atom stereocenters. The molecule has 1 aromatic carbocycles. The second-order valence-corrected chi connectivity index (χ2v) is 6.14. The van der Waals surface area contributed by atoms with Gasteiger partial charge in [0.15, 0.2) is 9.84 Å². The summed E-state index contributed by atoms with van der Waals surface area (Å²) in [6.07, 6.45) is 0.294. The van der Waals surface area contributed by atoms with Crippen molar-refractivity contribution < 1.29 is 13.2 Å². The summed E-state index contributed by atoms with van der Waals surface area (Å²) in [4.78, 5) is 11.5. The zero-order chi connectivity index (χ0) is 13.6. The van der Waals surface area contributed by atoms with Gasteiger partial charge >= 0.3 is 0 Å². The molecule has 0 fully saturated rings. The molecule has 3 N–H and O–H groups in total. The number of nitrogens with one attached hydrogen (secondary N) is 1. The molecule has 0 bridgehead atoms. The van der Waals surface area contributed by atoms with Crippen LogP contribution in [0.15, 0.2) is 29.2 Å². The van der Waals surface area contributed by atoms with Crippen molar-refractivity contribution in [2.75, 3.05) is 12.3 Å². The van der Waals surface area contributed by atoms with Gasteiger partial charge in [-0.2, -0.15) is 0 Å². The van der Waals surface area contributed by atoms with Gasteiger partial charge in [-0.1, -0.05) is 19.1 Å². The van der Waals surface area contributed by atoms with Gasteiger partial charge in [0.05, 0.1) is 10.6 Å². The van der Waals surface area contributed by atoms with Crippen molar-refractivity contribution in [2.45, 2.75) is 24.8 Å². The van der Waals surface area contributed by atoms with Gasteiger partial charge < -0.3 is 11.1 Å². The molecule has 5 nitrogen and oxygen atoms in total. The Kier molecular flexibility index (Phi) is 5.30. The Labute approximate surface area is 107 Å². The molecule has 0 radical (unpaired) electrons. The van der Waals surface area contributed by atoms with Crippen molar-refractivity contribution in [1.29, 1.82) is 0 Å². The maximum Gasteiger partial charge on any atom is 0.221 e. The van der Waals surface area contributed by atoms with E-state index in [9.17, 15) is 13.2 Å². The molecule has 0 atom stereocenters. The second kappa shape index (κ2) is 6.51. The van der Waals surface area contributed by atoms with Crippen molar-refractivity contribution in [3.8, 4) is 0 Å². The molecule has 1 amide bonds. The first kappa shape index (κ1) is 14.7. The lowest BCUT2D eigenvalue weighted by Crippen LogP contribution is -2.24. The molecule has 0 aromatic heterocycles. The van der Waals surface area contributed by atoms with Gasteiger partial charge in [-0.05, 0) is 17.7 Å². The third-order valence-electron chi connectivity index (χ3n) is 2.52. The SMILES string of the molecule is CCS(=O)(=O)c1ccc(CNC(=O)CCN)cc1. The van der Waals surface area contributed by atoms with Crippen LogP contribution in [0, 0.1) is 0 Å². The lowest BCUT2D eigenvalue weighted by atomic mass is 10.2. The van der Waals surface area contributed by atoms with E-state index in [4.69, 9.17) is 5.73 Å². The number of hydrogen-bond acceptors (Lipinski definition) is 4. The Morgan fingerprint density at radius 1 is 1.28 bits per heavy atom. The summed E-state index contributed by atoms with van der Waals surface area (Å²) in [5.41, 5.74) is 6.11. The van der Waals surface area contributed by atoms with Crippen LogP contribution in [0.25, 0.3) is 0 Å². The molecule has 6 heteroatoms. The lowest BCUT2D eigenvalue weighted by molar-refractivity contribution is -0.121. The Bertz CT molecular complexity index is 495. The third-order valence-corrected chi connectivity index (χ3v) is 4.27. The predicted octanol–water partition coefficient (Wildman–Crippen LogP) is 0.445. The van der Waals surface area contributed by atoms with E-state index in [1.54, 1.807) is 31.2 Å². The number of carbonyl (C=O) groups excluding carboxylic acids is 1. The molecule has 0 saturated heterocycles. The van der Waals surface area contributed by atoms with Crippen molar-refractivity contribution in [3.05, 3.63) is 29.8 Å². The highest BCUT2D eigenvalue weighted by Crippen LogP contribution is 2.12. The molecule has 100 valence electrons. The number of amides is 1. The minimum absolute atomic E-state index is 0.0829. The summed E-state index contributed by atoms with van der Waals surface area (Å²) in [6, 6.07) is 6.52. The monoisotopic (exact) mass is 270 g/mol. The topological polar surface area (TPSA) is 89.3 Å².